The summed E-state index contributed by atoms with van der Waals surface area (Å²) in [5, 5.41) is 13.4. The van der Waals surface area contributed by atoms with Crippen LogP contribution in [0.5, 0.6) is 0 Å². The third-order valence-corrected chi connectivity index (χ3v) is 3.46. The van der Waals surface area contributed by atoms with Crippen molar-refractivity contribution >= 4 is 11.9 Å². The van der Waals surface area contributed by atoms with Crippen LogP contribution in [-0.2, 0) is 0 Å². The summed E-state index contributed by atoms with van der Waals surface area (Å²) < 4.78 is 7.19. The highest BCUT2D eigenvalue weighted by molar-refractivity contribution is 6.02. The van der Waals surface area contributed by atoms with E-state index in [0.717, 1.165) is 25.9 Å². The number of piperidine rings is 1. The van der Waals surface area contributed by atoms with Crippen LogP contribution in [0, 0.1) is 6.92 Å². The SMILES string of the molecule is Cc1nnc(NC(=O)c2cccn2C2CCNCC2)o1. The molecule has 1 fully saturated rings. The van der Waals surface area contributed by atoms with Crippen LogP contribution in [0.15, 0.2) is 22.7 Å². The number of rotatable bonds is 3. The van der Waals surface area contributed by atoms with Gasteiger partial charge in [0.05, 0.1) is 0 Å². The molecule has 2 aromatic heterocycles. The molecule has 3 heterocycles. The van der Waals surface area contributed by atoms with E-state index in [1.165, 1.54) is 0 Å². The summed E-state index contributed by atoms with van der Waals surface area (Å²) >= 11 is 0. The molecule has 0 aromatic carbocycles. The van der Waals surface area contributed by atoms with Crippen molar-refractivity contribution in [3.8, 4) is 0 Å². The molecule has 20 heavy (non-hydrogen) atoms. The zero-order valence-electron chi connectivity index (χ0n) is 11.3. The number of hydrogen-bond donors (Lipinski definition) is 2. The molecule has 0 spiro atoms. The van der Waals surface area contributed by atoms with E-state index in [1.807, 2.05) is 16.8 Å². The molecule has 0 saturated carbocycles. The van der Waals surface area contributed by atoms with Crippen molar-refractivity contribution in [1.29, 1.82) is 0 Å². The van der Waals surface area contributed by atoms with Gasteiger partial charge in [-0.1, -0.05) is 5.10 Å². The lowest BCUT2D eigenvalue weighted by atomic mass is 10.1. The normalized spacial score (nSPS) is 16.2. The van der Waals surface area contributed by atoms with Gasteiger partial charge in [0.25, 0.3) is 5.91 Å². The first-order chi connectivity index (χ1) is 9.74. The topological polar surface area (TPSA) is 85.0 Å². The molecule has 7 heteroatoms. The standard InChI is InChI=1S/C13H17N5O2/c1-9-16-17-13(20-9)15-12(19)11-3-2-8-18(11)10-4-6-14-7-5-10/h2-3,8,10,14H,4-7H2,1H3,(H,15,17,19). The number of carbonyl (C=O) groups is 1. The summed E-state index contributed by atoms with van der Waals surface area (Å²) in [6, 6.07) is 4.18. The Bertz CT molecular complexity index is 597. The van der Waals surface area contributed by atoms with E-state index in [9.17, 15) is 4.79 Å². The van der Waals surface area contributed by atoms with E-state index < -0.39 is 0 Å². The number of amides is 1. The molecule has 1 aliphatic heterocycles. The highest BCUT2D eigenvalue weighted by Crippen LogP contribution is 2.21. The highest BCUT2D eigenvalue weighted by atomic mass is 16.4. The first-order valence-corrected chi connectivity index (χ1v) is 6.73. The molecule has 1 amide bonds. The average Bonchev–Trinajstić information content (AvgIpc) is 3.09. The van der Waals surface area contributed by atoms with Gasteiger partial charge in [0.15, 0.2) is 0 Å². The molecule has 0 radical (unpaired) electrons. The summed E-state index contributed by atoms with van der Waals surface area (Å²) in [7, 11) is 0. The zero-order chi connectivity index (χ0) is 13.9. The van der Waals surface area contributed by atoms with Crippen LogP contribution in [0.4, 0.5) is 6.01 Å². The van der Waals surface area contributed by atoms with Gasteiger partial charge >= 0.3 is 6.01 Å². The van der Waals surface area contributed by atoms with Gasteiger partial charge in [-0.2, -0.15) is 0 Å². The molecule has 3 rings (SSSR count). The van der Waals surface area contributed by atoms with Gasteiger partial charge in [0.1, 0.15) is 5.69 Å². The maximum absolute atomic E-state index is 12.3. The number of aryl methyl sites for hydroxylation is 1. The minimum atomic E-state index is -0.225. The molecular weight excluding hydrogens is 258 g/mol. The summed E-state index contributed by atoms with van der Waals surface area (Å²) in [6.45, 7) is 3.64. The van der Waals surface area contributed by atoms with Gasteiger partial charge in [-0.25, -0.2) is 0 Å². The molecular formula is C13H17N5O2. The predicted octanol–water partition coefficient (Wildman–Crippen LogP) is 1.36. The monoisotopic (exact) mass is 275 g/mol. The molecule has 0 aliphatic carbocycles. The lowest BCUT2D eigenvalue weighted by molar-refractivity contribution is 0.101. The number of nitrogens with zero attached hydrogens (tertiary/aromatic N) is 3. The van der Waals surface area contributed by atoms with Gasteiger partial charge < -0.3 is 14.3 Å². The number of nitrogens with one attached hydrogen (secondary N) is 2. The second kappa shape index (κ2) is 5.46. The van der Waals surface area contributed by atoms with Crippen LogP contribution in [0.1, 0.15) is 35.3 Å². The van der Waals surface area contributed by atoms with Crippen molar-refractivity contribution in [2.45, 2.75) is 25.8 Å². The first-order valence-electron chi connectivity index (χ1n) is 6.73. The predicted molar refractivity (Wildman–Crippen MR) is 72.6 cm³/mol. The van der Waals surface area contributed by atoms with Crippen LogP contribution in [-0.4, -0.2) is 33.8 Å². The quantitative estimate of drug-likeness (QED) is 0.883. The minimum absolute atomic E-state index is 0.130. The van der Waals surface area contributed by atoms with E-state index in [1.54, 1.807) is 13.0 Å². The van der Waals surface area contributed by atoms with Crippen molar-refractivity contribution in [1.82, 2.24) is 20.1 Å². The molecule has 0 unspecified atom stereocenters. The molecule has 0 atom stereocenters. The first kappa shape index (κ1) is 12.9. The third kappa shape index (κ3) is 2.57. The van der Waals surface area contributed by atoms with Crippen molar-refractivity contribution in [3.63, 3.8) is 0 Å². The van der Waals surface area contributed by atoms with E-state index in [2.05, 4.69) is 20.8 Å². The third-order valence-electron chi connectivity index (χ3n) is 3.46. The van der Waals surface area contributed by atoms with E-state index >= 15 is 0 Å². The smallest absolute Gasteiger partial charge is 0.322 e. The Balaban J connectivity index is 1.76. The average molecular weight is 275 g/mol. The van der Waals surface area contributed by atoms with Crippen molar-refractivity contribution in [3.05, 3.63) is 29.9 Å². The fourth-order valence-electron chi connectivity index (χ4n) is 2.50. The molecule has 1 aliphatic rings. The van der Waals surface area contributed by atoms with Gasteiger partial charge in [-0.3, -0.25) is 10.1 Å². The molecule has 2 aromatic rings. The summed E-state index contributed by atoms with van der Waals surface area (Å²) in [4.78, 5) is 12.3. The van der Waals surface area contributed by atoms with Crippen molar-refractivity contribution < 1.29 is 9.21 Å². The lowest BCUT2D eigenvalue weighted by Gasteiger charge is -2.25. The molecule has 0 bridgehead atoms. The molecule has 2 N–H and O–H groups in total. The minimum Gasteiger partial charge on any atom is -0.408 e. The number of anilines is 1. The van der Waals surface area contributed by atoms with Gasteiger partial charge in [0.2, 0.25) is 5.89 Å². The fraction of sp³-hybridized carbons (Fsp3) is 0.462. The second-order valence-electron chi connectivity index (χ2n) is 4.86. The van der Waals surface area contributed by atoms with Crippen LogP contribution in [0.2, 0.25) is 0 Å². The molecule has 7 nitrogen and oxygen atoms in total. The van der Waals surface area contributed by atoms with Gasteiger partial charge in [-0.15, -0.1) is 5.10 Å². The summed E-state index contributed by atoms with van der Waals surface area (Å²) in [5.41, 5.74) is 0.618. The Kier molecular flexibility index (Phi) is 3.51. The molecule has 1 saturated heterocycles. The van der Waals surface area contributed by atoms with E-state index in [-0.39, 0.29) is 11.9 Å². The Morgan fingerprint density at radius 2 is 2.25 bits per heavy atom. The lowest BCUT2D eigenvalue weighted by Crippen LogP contribution is -2.31. The Morgan fingerprint density at radius 3 is 2.95 bits per heavy atom. The maximum atomic E-state index is 12.3. The fourth-order valence-corrected chi connectivity index (χ4v) is 2.50. The van der Waals surface area contributed by atoms with Crippen LogP contribution in [0.3, 0.4) is 0 Å². The van der Waals surface area contributed by atoms with Gasteiger partial charge in [-0.05, 0) is 38.1 Å². The number of aromatic nitrogens is 3. The highest BCUT2D eigenvalue weighted by Gasteiger charge is 2.20. The number of hydrogen-bond acceptors (Lipinski definition) is 5. The maximum Gasteiger partial charge on any atom is 0.322 e. The van der Waals surface area contributed by atoms with Crippen LogP contribution < -0.4 is 10.6 Å². The zero-order valence-corrected chi connectivity index (χ0v) is 11.3. The van der Waals surface area contributed by atoms with E-state index in [4.69, 9.17) is 4.42 Å². The van der Waals surface area contributed by atoms with Gasteiger partial charge in [0, 0.05) is 19.2 Å². The molecule has 106 valence electrons. The Labute approximate surface area is 116 Å². The van der Waals surface area contributed by atoms with Crippen molar-refractivity contribution in [2.75, 3.05) is 18.4 Å². The van der Waals surface area contributed by atoms with Crippen molar-refractivity contribution in [2.24, 2.45) is 0 Å². The van der Waals surface area contributed by atoms with E-state index in [0.29, 0.717) is 17.6 Å². The Hall–Kier alpha value is -2.15. The summed E-state index contributed by atoms with van der Waals surface area (Å²) in [6.07, 6.45) is 3.99. The Morgan fingerprint density at radius 1 is 1.45 bits per heavy atom. The second-order valence-corrected chi connectivity index (χ2v) is 4.86. The summed E-state index contributed by atoms with van der Waals surface area (Å²) in [5.74, 6) is 0.200. The van der Waals surface area contributed by atoms with Crippen LogP contribution >= 0.6 is 0 Å². The van der Waals surface area contributed by atoms with Crippen LogP contribution in [0.25, 0.3) is 0 Å². The largest absolute Gasteiger partial charge is 0.408 e. The number of carbonyl (C=O) groups excluding carboxylic acids is 1.